The predicted octanol–water partition coefficient (Wildman–Crippen LogP) is 2.46. The SMILES string of the molecule is O=C(Cc1ccccc1F)NCc1ccc2c(c1)OCCO2. The molecule has 0 fully saturated rings. The minimum atomic E-state index is -0.364. The van der Waals surface area contributed by atoms with Gasteiger partial charge in [0.15, 0.2) is 11.5 Å². The summed E-state index contributed by atoms with van der Waals surface area (Å²) in [6, 6.07) is 11.8. The van der Waals surface area contributed by atoms with Crippen molar-refractivity contribution in [3.8, 4) is 11.5 Å². The Balaban J connectivity index is 1.58. The van der Waals surface area contributed by atoms with E-state index >= 15 is 0 Å². The van der Waals surface area contributed by atoms with Gasteiger partial charge in [-0.3, -0.25) is 4.79 Å². The molecule has 0 aliphatic carbocycles. The molecule has 1 aliphatic heterocycles. The van der Waals surface area contributed by atoms with Gasteiger partial charge in [0, 0.05) is 6.54 Å². The van der Waals surface area contributed by atoms with Crippen LogP contribution in [0.15, 0.2) is 42.5 Å². The first-order chi connectivity index (χ1) is 10.7. The van der Waals surface area contributed by atoms with Crippen LogP contribution in [0.25, 0.3) is 0 Å². The Morgan fingerprint density at radius 2 is 1.86 bits per heavy atom. The highest BCUT2D eigenvalue weighted by molar-refractivity contribution is 5.78. The van der Waals surface area contributed by atoms with E-state index in [4.69, 9.17) is 9.47 Å². The zero-order valence-electron chi connectivity index (χ0n) is 12.0. The van der Waals surface area contributed by atoms with E-state index in [2.05, 4.69) is 5.32 Å². The van der Waals surface area contributed by atoms with E-state index in [0.717, 1.165) is 5.56 Å². The summed E-state index contributed by atoms with van der Waals surface area (Å²) < 4.78 is 24.4. The molecule has 0 spiro atoms. The number of rotatable bonds is 4. The third-order valence-electron chi connectivity index (χ3n) is 3.41. The molecule has 22 heavy (non-hydrogen) atoms. The molecular formula is C17H16FNO3. The summed E-state index contributed by atoms with van der Waals surface area (Å²) in [5, 5.41) is 2.78. The molecule has 4 nitrogen and oxygen atoms in total. The summed E-state index contributed by atoms with van der Waals surface area (Å²) in [4.78, 5) is 11.9. The number of hydrogen-bond donors (Lipinski definition) is 1. The van der Waals surface area contributed by atoms with Crippen LogP contribution in [0.5, 0.6) is 11.5 Å². The second-order valence-electron chi connectivity index (χ2n) is 5.02. The molecule has 0 radical (unpaired) electrons. The molecule has 0 atom stereocenters. The first-order valence-corrected chi connectivity index (χ1v) is 7.11. The zero-order valence-corrected chi connectivity index (χ0v) is 12.0. The second kappa shape index (κ2) is 6.47. The van der Waals surface area contributed by atoms with Crippen LogP contribution in [-0.4, -0.2) is 19.1 Å². The quantitative estimate of drug-likeness (QED) is 0.943. The van der Waals surface area contributed by atoms with Gasteiger partial charge in [-0.25, -0.2) is 4.39 Å². The Labute approximate surface area is 127 Å². The molecule has 2 aromatic carbocycles. The molecule has 1 N–H and O–H groups in total. The van der Waals surface area contributed by atoms with E-state index in [1.54, 1.807) is 18.2 Å². The number of carbonyl (C=O) groups excluding carboxylic acids is 1. The van der Waals surface area contributed by atoms with Crippen LogP contribution in [0.2, 0.25) is 0 Å². The van der Waals surface area contributed by atoms with Crippen molar-refractivity contribution in [3.05, 3.63) is 59.4 Å². The lowest BCUT2D eigenvalue weighted by Gasteiger charge is -2.19. The lowest BCUT2D eigenvalue weighted by atomic mass is 10.1. The third-order valence-corrected chi connectivity index (χ3v) is 3.41. The monoisotopic (exact) mass is 301 g/mol. The van der Waals surface area contributed by atoms with E-state index in [-0.39, 0.29) is 18.1 Å². The van der Waals surface area contributed by atoms with E-state index in [1.165, 1.54) is 6.07 Å². The molecule has 1 amide bonds. The van der Waals surface area contributed by atoms with Gasteiger partial charge in [-0.2, -0.15) is 0 Å². The van der Waals surface area contributed by atoms with Crippen molar-refractivity contribution in [2.24, 2.45) is 0 Å². The molecule has 114 valence electrons. The minimum absolute atomic E-state index is 0.0250. The number of halogens is 1. The normalized spacial score (nSPS) is 12.8. The van der Waals surface area contributed by atoms with Gasteiger partial charge in [-0.05, 0) is 29.3 Å². The van der Waals surface area contributed by atoms with Crippen molar-refractivity contribution >= 4 is 5.91 Å². The van der Waals surface area contributed by atoms with Gasteiger partial charge in [0.25, 0.3) is 0 Å². The first kappa shape index (κ1) is 14.4. The lowest BCUT2D eigenvalue weighted by Crippen LogP contribution is -2.25. The van der Waals surface area contributed by atoms with Gasteiger partial charge in [0.05, 0.1) is 6.42 Å². The fourth-order valence-corrected chi connectivity index (χ4v) is 2.28. The largest absolute Gasteiger partial charge is 0.486 e. The van der Waals surface area contributed by atoms with Gasteiger partial charge in [0.1, 0.15) is 19.0 Å². The first-order valence-electron chi connectivity index (χ1n) is 7.11. The van der Waals surface area contributed by atoms with Gasteiger partial charge in [0.2, 0.25) is 5.91 Å². The summed E-state index contributed by atoms with van der Waals surface area (Å²) in [5.41, 5.74) is 1.30. The molecule has 0 saturated carbocycles. The average molecular weight is 301 g/mol. The average Bonchev–Trinajstić information content (AvgIpc) is 2.55. The van der Waals surface area contributed by atoms with Crippen LogP contribution in [0.1, 0.15) is 11.1 Å². The number of carbonyl (C=O) groups is 1. The molecular weight excluding hydrogens is 285 g/mol. The van der Waals surface area contributed by atoms with Crippen molar-refractivity contribution in [3.63, 3.8) is 0 Å². The highest BCUT2D eigenvalue weighted by atomic mass is 19.1. The zero-order chi connectivity index (χ0) is 15.4. The standard InChI is InChI=1S/C17H16FNO3/c18-14-4-2-1-3-13(14)10-17(20)19-11-12-5-6-15-16(9-12)22-8-7-21-15/h1-6,9H,7-8,10-11H2,(H,19,20). The van der Waals surface area contributed by atoms with E-state index in [1.807, 2.05) is 18.2 Å². The van der Waals surface area contributed by atoms with Gasteiger partial charge in [-0.15, -0.1) is 0 Å². The van der Waals surface area contributed by atoms with E-state index in [0.29, 0.717) is 36.8 Å². The molecule has 0 unspecified atom stereocenters. The summed E-state index contributed by atoms with van der Waals surface area (Å²) >= 11 is 0. The predicted molar refractivity (Wildman–Crippen MR) is 79.4 cm³/mol. The fourth-order valence-electron chi connectivity index (χ4n) is 2.28. The highest BCUT2D eigenvalue weighted by Gasteiger charge is 2.12. The molecule has 1 heterocycles. The van der Waals surface area contributed by atoms with Crippen LogP contribution >= 0.6 is 0 Å². The van der Waals surface area contributed by atoms with Crippen molar-refractivity contribution in [2.45, 2.75) is 13.0 Å². The van der Waals surface area contributed by atoms with E-state index in [9.17, 15) is 9.18 Å². The molecule has 3 rings (SSSR count). The number of fused-ring (bicyclic) bond motifs is 1. The Morgan fingerprint density at radius 3 is 2.68 bits per heavy atom. The molecule has 0 saturated heterocycles. The van der Waals surface area contributed by atoms with Gasteiger partial charge < -0.3 is 14.8 Å². The number of benzene rings is 2. The maximum absolute atomic E-state index is 13.5. The minimum Gasteiger partial charge on any atom is -0.486 e. The van der Waals surface area contributed by atoms with Crippen molar-refractivity contribution < 1.29 is 18.7 Å². The van der Waals surface area contributed by atoms with Gasteiger partial charge in [-0.1, -0.05) is 24.3 Å². The molecule has 0 aromatic heterocycles. The highest BCUT2D eigenvalue weighted by Crippen LogP contribution is 2.30. The molecule has 5 heteroatoms. The topological polar surface area (TPSA) is 47.6 Å². The van der Waals surface area contributed by atoms with Crippen LogP contribution in [0.3, 0.4) is 0 Å². The maximum atomic E-state index is 13.5. The Morgan fingerprint density at radius 1 is 1.09 bits per heavy atom. The third kappa shape index (κ3) is 3.36. The summed E-state index contributed by atoms with van der Waals surface area (Å²) in [7, 11) is 0. The summed E-state index contributed by atoms with van der Waals surface area (Å²) in [5.74, 6) is 0.816. The number of nitrogens with one attached hydrogen (secondary N) is 1. The number of ether oxygens (including phenoxy) is 2. The fraction of sp³-hybridized carbons (Fsp3) is 0.235. The van der Waals surface area contributed by atoms with Crippen LogP contribution in [0.4, 0.5) is 4.39 Å². The second-order valence-corrected chi connectivity index (χ2v) is 5.02. The molecule has 2 aromatic rings. The Kier molecular flexibility index (Phi) is 4.23. The van der Waals surface area contributed by atoms with Crippen LogP contribution < -0.4 is 14.8 Å². The summed E-state index contributed by atoms with van der Waals surface area (Å²) in [6.07, 6.45) is 0.0250. The maximum Gasteiger partial charge on any atom is 0.224 e. The van der Waals surface area contributed by atoms with Crippen LogP contribution in [0, 0.1) is 5.82 Å². The number of amides is 1. The number of hydrogen-bond acceptors (Lipinski definition) is 3. The Bertz CT molecular complexity index is 687. The van der Waals surface area contributed by atoms with Crippen molar-refractivity contribution in [1.82, 2.24) is 5.32 Å². The molecule has 0 bridgehead atoms. The Hall–Kier alpha value is -2.56. The smallest absolute Gasteiger partial charge is 0.224 e. The van der Waals surface area contributed by atoms with Crippen LogP contribution in [-0.2, 0) is 17.8 Å². The van der Waals surface area contributed by atoms with E-state index < -0.39 is 0 Å². The summed E-state index contributed by atoms with van der Waals surface area (Å²) in [6.45, 7) is 1.44. The lowest BCUT2D eigenvalue weighted by molar-refractivity contribution is -0.120. The van der Waals surface area contributed by atoms with Crippen molar-refractivity contribution in [1.29, 1.82) is 0 Å². The van der Waals surface area contributed by atoms with Gasteiger partial charge >= 0.3 is 0 Å². The molecule has 1 aliphatic rings. The van der Waals surface area contributed by atoms with Crippen molar-refractivity contribution in [2.75, 3.05) is 13.2 Å².